The highest BCUT2D eigenvalue weighted by molar-refractivity contribution is 6.08. The van der Waals surface area contributed by atoms with Crippen molar-refractivity contribution in [3.63, 3.8) is 0 Å². The van der Waals surface area contributed by atoms with Crippen LogP contribution in [0.4, 0.5) is 18.9 Å². The van der Waals surface area contributed by atoms with E-state index in [-0.39, 0.29) is 12.5 Å². The van der Waals surface area contributed by atoms with Crippen molar-refractivity contribution in [1.82, 2.24) is 4.90 Å². The van der Waals surface area contributed by atoms with E-state index in [1.165, 1.54) is 24.1 Å². The molecule has 1 heterocycles. The van der Waals surface area contributed by atoms with Gasteiger partial charge >= 0.3 is 6.18 Å². The van der Waals surface area contributed by atoms with E-state index in [2.05, 4.69) is 5.32 Å². The summed E-state index contributed by atoms with van der Waals surface area (Å²) in [4.78, 5) is 27.0. The van der Waals surface area contributed by atoms with E-state index in [0.717, 1.165) is 12.1 Å². The van der Waals surface area contributed by atoms with Gasteiger partial charge in [-0.1, -0.05) is 18.2 Å². The number of amides is 2. The molecule has 0 bridgehead atoms. The lowest BCUT2D eigenvalue weighted by Crippen LogP contribution is -2.33. The average Bonchev–Trinajstić information content (AvgIpc) is 2.97. The zero-order valence-electron chi connectivity index (χ0n) is 16.2. The minimum Gasteiger partial charge on any atom is -0.496 e. The molecule has 3 rings (SSSR count). The van der Waals surface area contributed by atoms with Crippen LogP contribution < -0.4 is 10.1 Å². The molecule has 2 amide bonds. The van der Waals surface area contributed by atoms with Gasteiger partial charge in [0.25, 0.3) is 0 Å². The van der Waals surface area contributed by atoms with Gasteiger partial charge in [0.05, 0.1) is 12.7 Å². The predicted octanol–water partition coefficient (Wildman–Crippen LogP) is 3.83. The molecule has 1 N–H and O–H groups in total. The Bertz CT molecular complexity index is 926. The van der Waals surface area contributed by atoms with Gasteiger partial charge in [0.2, 0.25) is 11.8 Å². The second-order valence-electron chi connectivity index (χ2n) is 7.04. The van der Waals surface area contributed by atoms with E-state index < -0.39 is 29.5 Å². The van der Waals surface area contributed by atoms with Gasteiger partial charge in [-0.25, -0.2) is 0 Å². The molecule has 1 aliphatic rings. The summed E-state index contributed by atoms with van der Waals surface area (Å²) >= 11 is 0. The maximum atomic E-state index is 13.0. The second kappa shape index (κ2) is 7.77. The molecule has 0 unspecified atom stereocenters. The normalized spacial score (nSPS) is 19.4. The van der Waals surface area contributed by atoms with Crippen LogP contribution in [0, 0.1) is 12.8 Å². The number of ether oxygens (including phenoxy) is 1. The molecule has 0 spiro atoms. The number of hydrogen-bond acceptors (Lipinski definition) is 3. The van der Waals surface area contributed by atoms with E-state index in [0.29, 0.717) is 22.6 Å². The first kappa shape index (κ1) is 20.7. The number of carbonyl (C=O) groups excluding carboxylic acids is 2. The number of carbonyl (C=O) groups is 2. The average molecular weight is 406 g/mol. The Kier molecular flexibility index (Phi) is 5.55. The van der Waals surface area contributed by atoms with E-state index >= 15 is 0 Å². The maximum absolute atomic E-state index is 13.0. The zero-order chi connectivity index (χ0) is 21.3. The van der Waals surface area contributed by atoms with E-state index in [1.807, 2.05) is 0 Å². The number of halogens is 3. The number of likely N-dealkylation sites (N-methyl/N-ethyl adjacent to an activating group) is 1. The molecule has 8 heteroatoms. The zero-order valence-corrected chi connectivity index (χ0v) is 16.2. The van der Waals surface area contributed by atoms with Crippen molar-refractivity contribution < 1.29 is 27.5 Å². The van der Waals surface area contributed by atoms with Crippen LogP contribution in [0.5, 0.6) is 5.75 Å². The van der Waals surface area contributed by atoms with Crippen LogP contribution in [0.15, 0.2) is 42.5 Å². The van der Waals surface area contributed by atoms with E-state index in [4.69, 9.17) is 4.74 Å². The summed E-state index contributed by atoms with van der Waals surface area (Å²) in [6, 6.07) is 9.78. The van der Waals surface area contributed by atoms with Gasteiger partial charge in [0, 0.05) is 30.8 Å². The summed E-state index contributed by atoms with van der Waals surface area (Å²) in [5.41, 5.74) is 0.973. The fraction of sp³-hybridized carbons (Fsp3) is 0.333. The fourth-order valence-corrected chi connectivity index (χ4v) is 3.59. The van der Waals surface area contributed by atoms with Gasteiger partial charge in [-0.3, -0.25) is 9.59 Å². The van der Waals surface area contributed by atoms with Crippen LogP contribution in [0.3, 0.4) is 0 Å². The number of nitrogens with one attached hydrogen (secondary N) is 1. The van der Waals surface area contributed by atoms with Crippen molar-refractivity contribution >= 4 is 17.5 Å². The number of anilines is 1. The maximum Gasteiger partial charge on any atom is 0.416 e. The van der Waals surface area contributed by atoms with E-state index in [9.17, 15) is 22.8 Å². The number of likely N-dealkylation sites (tertiary alicyclic amines) is 1. The molecule has 2 aromatic carbocycles. The van der Waals surface area contributed by atoms with Gasteiger partial charge in [0.1, 0.15) is 11.7 Å². The lowest BCUT2D eigenvalue weighted by molar-refractivity contribution is -0.138. The summed E-state index contributed by atoms with van der Waals surface area (Å²) in [6.45, 7) is 2.03. The number of nitrogens with zero attached hydrogens (tertiary/aromatic N) is 1. The molecule has 0 radical (unpaired) electrons. The molecule has 2 atom stereocenters. The smallest absolute Gasteiger partial charge is 0.416 e. The predicted molar refractivity (Wildman–Crippen MR) is 102 cm³/mol. The summed E-state index contributed by atoms with van der Waals surface area (Å²) in [5.74, 6) is -1.84. The highest BCUT2D eigenvalue weighted by Crippen LogP contribution is 2.36. The van der Waals surface area contributed by atoms with Crippen LogP contribution in [0.25, 0.3) is 0 Å². The molecule has 0 saturated carbocycles. The molecule has 154 valence electrons. The summed E-state index contributed by atoms with van der Waals surface area (Å²) < 4.78 is 43.7. The lowest BCUT2D eigenvalue weighted by Gasteiger charge is -2.19. The minimum absolute atomic E-state index is 0.249. The number of methoxy groups -OCH3 is 1. The summed E-state index contributed by atoms with van der Waals surface area (Å²) in [5, 5.41) is 2.77. The van der Waals surface area contributed by atoms with Gasteiger partial charge < -0.3 is 15.0 Å². The topological polar surface area (TPSA) is 58.6 Å². The molecule has 5 nitrogen and oxygen atoms in total. The van der Waals surface area contributed by atoms with Gasteiger partial charge in [0.15, 0.2) is 0 Å². The minimum atomic E-state index is -4.44. The van der Waals surface area contributed by atoms with Gasteiger partial charge in [-0.2, -0.15) is 13.2 Å². The Hall–Kier alpha value is -3.03. The third-order valence-electron chi connectivity index (χ3n) is 5.23. The first-order chi connectivity index (χ1) is 13.6. The van der Waals surface area contributed by atoms with Crippen LogP contribution in [-0.2, 0) is 15.8 Å². The highest BCUT2D eigenvalue weighted by atomic mass is 19.4. The molecule has 1 fully saturated rings. The Morgan fingerprint density at radius 2 is 1.83 bits per heavy atom. The largest absolute Gasteiger partial charge is 0.496 e. The SMILES string of the molecule is COc1cccc(NC(=O)[C@H]2C(=O)N(C)C[C@@H]2c2ccc(C(F)(F)F)cc2)c1C. The first-order valence-corrected chi connectivity index (χ1v) is 9.00. The molecule has 0 aliphatic carbocycles. The van der Waals surface area contributed by atoms with Crippen molar-refractivity contribution in [3.8, 4) is 5.75 Å². The fourth-order valence-electron chi connectivity index (χ4n) is 3.59. The molecular formula is C21H21F3N2O3. The second-order valence-corrected chi connectivity index (χ2v) is 7.04. The Morgan fingerprint density at radius 1 is 1.17 bits per heavy atom. The quantitative estimate of drug-likeness (QED) is 0.785. The Morgan fingerprint density at radius 3 is 2.41 bits per heavy atom. The number of benzene rings is 2. The number of alkyl halides is 3. The molecule has 2 aromatic rings. The lowest BCUT2D eigenvalue weighted by atomic mass is 9.87. The molecule has 1 aliphatic heterocycles. The van der Waals surface area contributed by atoms with Crippen LogP contribution in [0.2, 0.25) is 0 Å². The highest BCUT2D eigenvalue weighted by Gasteiger charge is 2.44. The molecule has 0 aromatic heterocycles. The molecular weight excluding hydrogens is 385 g/mol. The molecule has 29 heavy (non-hydrogen) atoms. The van der Waals surface area contributed by atoms with Crippen molar-refractivity contribution in [2.45, 2.75) is 19.0 Å². The summed E-state index contributed by atoms with van der Waals surface area (Å²) in [7, 11) is 3.09. The van der Waals surface area contributed by atoms with Crippen LogP contribution >= 0.6 is 0 Å². The number of rotatable bonds is 4. The van der Waals surface area contributed by atoms with Gasteiger partial charge in [-0.05, 0) is 36.8 Å². The standard InChI is InChI=1S/C21H21F3N2O3/c1-12-16(5-4-6-17(12)29-3)25-19(27)18-15(11-26(2)20(18)28)13-7-9-14(10-8-13)21(22,23)24/h4-10,15,18H,11H2,1-3H3,(H,25,27)/t15-,18+/m1/s1. The molecule has 1 saturated heterocycles. The Balaban J connectivity index is 1.88. The van der Waals surface area contributed by atoms with Crippen molar-refractivity contribution in [2.75, 3.05) is 26.0 Å². The van der Waals surface area contributed by atoms with Crippen LogP contribution in [-0.4, -0.2) is 37.4 Å². The first-order valence-electron chi connectivity index (χ1n) is 9.00. The third-order valence-corrected chi connectivity index (χ3v) is 5.23. The monoisotopic (exact) mass is 406 g/mol. The van der Waals surface area contributed by atoms with Crippen molar-refractivity contribution in [3.05, 3.63) is 59.2 Å². The number of hydrogen-bond donors (Lipinski definition) is 1. The van der Waals surface area contributed by atoms with Gasteiger partial charge in [-0.15, -0.1) is 0 Å². The summed E-state index contributed by atoms with van der Waals surface area (Å²) in [6.07, 6.45) is -4.44. The van der Waals surface area contributed by atoms with Crippen molar-refractivity contribution in [2.24, 2.45) is 5.92 Å². The van der Waals surface area contributed by atoms with E-state index in [1.54, 1.807) is 32.2 Å². The third kappa shape index (κ3) is 4.06. The van der Waals surface area contributed by atoms with Crippen LogP contribution in [0.1, 0.15) is 22.6 Å². The van der Waals surface area contributed by atoms with Crippen molar-refractivity contribution in [1.29, 1.82) is 0 Å². The Labute approximate surface area is 166 Å².